The number of ether oxygens (including phenoxy) is 1. The second-order valence-corrected chi connectivity index (χ2v) is 8.23. The standard InChI is InChI=1S/C20H38N2O2/c1-16(2)21-12-14-22(15-13-21)20(23)7-5-6-18-8-10-19(11-9-18)24-17(3)4/h16-19H,5-15H2,1-4H3. The van der Waals surface area contributed by atoms with E-state index in [1.807, 2.05) is 0 Å². The van der Waals surface area contributed by atoms with Gasteiger partial charge < -0.3 is 9.64 Å². The van der Waals surface area contributed by atoms with Crippen molar-refractivity contribution in [3.63, 3.8) is 0 Å². The van der Waals surface area contributed by atoms with Crippen molar-refractivity contribution in [2.45, 2.75) is 90.9 Å². The Bertz CT molecular complexity index is 368. The Labute approximate surface area is 148 Å². The van der Waals surface area contributed by atoms with Crippen LogP contribution in [0.15, 0.2) is 0 Å². The molecule has 140 valence electrons. The van der Waals surface area contributed by atoms with Crippen LogP contribution in [0.3, 0.4) is 0 Å². The summed E-state index contributed by atoms with van der Waals surface area (Å²) < 4.78 is 5.92. The Balaban J connectivity index is 1.57. The molecule has 2 fully saturated rings. The normalized spacial score (nSPS) is 26.3. The zero-order valence-electron chi connectivity index (χ0n) is 16.3. The average Bonchev–Trinajstić information content (AvgIpc) is 2.56. The molecule has 1 aliphatic heterocycles. The Hall–Kier alpha value is -0.610. The molecule has 0 aromatic rings. The molecule has 0 aromatic heterocycles. The minimum Gasteiger partial charge on any atom is -0.376 e. The number of carbonyl (C=O) groups is 1. The first-order chi connectivity index (χ1) is 11.5. The number of amides is 1. The maximum absolute atomic E-state index is 12.4. The minimum atomic E-state index is 0.348. The lowest BCUT2D eigenvalue weighted by molar-refractivity contribution is -0.133. The van der Waals surface area contributed by atoms with Crippen LogP contribution >= 0.6 is 0 Å². The molecule has 0 atom stereocenters. The number of hydrogen-bond donors (Lipinski definition) is 0. The van der Waals surface area contributed by atoms with Crippen LogP contribution in [0.5, 0.6) is 0 Å². The summed E-state index contributed by atoms with van der Waals surface area (Å²) in [6.45, 7) is 12.6. The van der Waals surface area contributed by atoms with E-state index >= 15 is 0 Å². The summed E-state index contributed by atoms with van der Waals surface area (Å²) in [4.78, 5) is 16.9. The first-order valence-electron chi connectivity index (χ1n) is 10.1. The fraction of sp³-hybridized carbons (Fsp3) is 0.950. The van der Waals surface area contributed by atoms with Gasteiger partial charge in [0.15, 0.2) is 0 Å². The Morgan fingerprint density at radius 3 is 2.17 bits per heavy atom. The lowest BCUT2D eigenvalue weighted by Gasteiger charge is -2.37. The average molecular weight is 339 g/mol. The van der Waals surface area contributed by atoms with Crippen molar-refractivity contribution in [1.82, 2.24) is 9.80 Å². The van der Waals surface area contributed by atoms with E-state index in [1.165, 1.54) is 32.1 Å². The third kappa shape index (κ3) is 6.36. The first-order valence-corrected chi connectivity index (χ1v) is 10.1. The number of nitrogens with zero attached hydrogens (tertiary/aromatic N) is 2. The summed E-state index contributed by atoms with van der Waals surface area (Å²) in [6, 6.07) is 0.594. The van der Waals surface area contributed by atoms with Gasteiger partial charge in [-0.15, -0.1) is 0 Å². The van der Waals surface area contributed by atoms with Gasteiger partial charge in [-0.3, -0.25) is 9.69 Å². The third-order valence-electron chi connectivity index (χ3n) is 5.66. The van der Waals surface area contributed by atoms with E-state index < -0.39 is 0 Å². The molecule has 0 unspecified atom stereocenters. The molecule has 2 rings (SSSR count). The smallest absolute Gasteiger partial charge is 0.222 e. The largest absolute Gasteiger partial charge is 0.376 e. The molecule has 1 heterocycles. The van der Waals surface area contributed by atoms with Crippen molar-refractivity contribution in [2.24, 2.45) is 5.92 Å². The van der Waals surface area contributed by atoms with E-state index in [2.05, 4.69) is 37.5 Å². The fourth-order valence-corrected chi connectivity index (χ4v) is 4.13. The number of hydrogen-bond acceptors (Lipinski definition) is 3. The molecule has 1 saturated carbocycles. The van der Waals surface area contributed by atoms with E-state index in [-0.39, 0.29) is 0 Å². The highest BCUT2D eigenvalue weighted by Crippen LogP contribution is 2.30. The monoisotopic (exact) mass is 338 g/mol. The maximum Gasteiger partial charge on any atom is 0.222 e. The molecular formula is C20H38N2O2. The van der Waals surface area contributed by atoms with Gasteiger partial charge in [0.25, 0.3) is 0 Å². The maximum atomic E-state index is 12.4. The number of carbonyl (C=O) groups excluding carboxylic acids is 1. The van der Waals surface area contributed by atoms with Crippen molar-refractivity contribution in [1.29, 1.82) is 0 Å². The van der Waals surface area contributed by atoms with Crippen LogP contribution in [-0.2, 0) is 9.53 Å². The Morgan fingerprint density at radius 1 is 1.00 bits per heavy atom. The van der Waals surface area contributed by atoms with E-state index in [9.17, 15) is 4.79 Å². The molecule has 1 amide bonds. The van der Waals surface area contributed by atoms with Gasteiger partial charge in [-0.1, -0.05) is 0 Å². The molecule has 4 heteroatoms. The van der Waals surface area contributed by atoms with Gasteiger partial charge in [0.2, 0.25) is 5.91 Å². The van der Waals surface area contributed by atoms with Gasteiger partial charge in [0.05, 0.1) is 12.2 Å². The summed E-state index contributed by atoms with van der Waals surface area (Å²) >= 11 is 0. The van der Waals surface area contributed by atoms with E-state index in [0.29, 0.717) is 24.2 Å². The molecule has 0 radical (unpaired) electrons. The zero-order valence-corrected chi connectivity index (χ0v) is 16.3. The highest BCUT2D eigenvalue weighted by atomic mass is 16.5. The fourth-order valence-electron chi connectivity index (χ4n) is 4.13. The predicted octanol–water partition coefficient (Wildman–Crippen LogP) is 3.69. The highest BCUT2D eigenvalue weighted by molar-refractivity contribution is 5.76. The molecule has 2 aliphatic rings. The van der Waals surface area contributed by atoms with Gasteiger partial charge >= 0.3 is 0 Å². The van der Waals surface area contributed by atoms with Gasteiger partial charge in [-0.05, 0) is 72.1 Å². The van der Waals surface area contributed by atoms with E-state index in [0.717, 1.165) is 44.9 Å². The van der Waals surface area contributed by atoms with Gasteiger partial charge in [0.1, 0.15) is 0 Å². The van der Waals surface area contributed by atoms with Crippen LogP contribution in [0.25, 0.3) is 0 Å². The van der Waals surface area contributed by atoms with Crippen molar-refractivity contribution < 1.29 is 9.53 Å². The van der Waals surface area contributed by atoms with Crippen LogP contribution < -0.4 is 0 Å². The van der Waals surface area contributed by atoms with Crippen molar-refractivity contribution in [3.05, 3.63) is 0 Å². The van der Waals surface area contributed by atoms with Crippen molar-refractivity contribution in [2.75, 3.05) is 26.2 Å². The predicted molar refractivity (Wildman–Crippen MR) is 99.1 cm³/mol. The number of rotatable bonds is 7. The molecular weight excluding hydrogens is 300 g/mol. The second kappa shape index (κ2) is 9.76. The minimum absolute atomic E-state index is 0.348. The summed E-state index contributed by atoms with van der Waals surface area (Å²) in [5.74, 6) is 1.18. The third-order valence-corrected chi connectivity index (χ3v) is 5.66. The Kier molecular flexibility index (Phi) is 8.02. The van der Waals surface area contributed by atoms with E-state index in [1.54, 1.807) is 0 Å². The summed E-state index contributed by atoms with van der Waals surface area (Å²) in [7, 11) is 0. The van der Waals surface area contributed by atoms with Crippen LogP contribution in [0.1, 0.15) is 72.6 Å². The zero-order chi connectivity index (χ0) is 17.5. The van der Waals surface area contributed by atoms with Crippen molar-refractivity contribution in [3.8, 4) is 0 Å². The van der Waals surface area contributed by atoms with Crippen LogP contribution in [0.2, 0.25) is 0 Å². The van der Waals surface area contributed by atoms with Crippen LogP contribution in [0.4, 0.5) is 0 Å². The highest BCUT2D eigenvalue weighted by Gasteiger charge is 2.24. The molecule has 0 N–H and O–H groups in total. The lowest BCUT2D eigenvalue weighted by Crippen LogP contribution is -2.50. The van der Waals surface area contributed by atoms with Crippen LogP contribution in [-0.4, -0.2) is 60.1 Å². The molecule has 1 saturated heterocycles. The molecule has 0 spiro atoms. The van der Waals surface area contributed by atoms with Crippen LogP contribution in [0, 0.1) is 5.92 Å². The molecule has 4 nitrogen and oxygen atoms in total. The quantitative estimate of drug-likeness (QED) is 0.710. The molecule has 0 bridgehead atoms. The summed E-state index contributed by atoms with van der Waals surface area (Å²) in [5.41, 5.74) is 0. The topological polar surface area (TPSA) is 32.8 Å². The molecule has 1 aliphatic carbocycles. The van der Waals surface area contributed by atoms with Crippen molar-refractivity contribution >= 4 is 5.91 Å². The molecule has 24 heavy (non-hydrogen) atoms. The number of piperazine rings is 1. The summed E-state index contributed by atoms with van der Waals surface area (Å²) in [5, 5.41) is 0. The first kappa shape index (κ1) is 19.7. The SMILES string of the molecule is CC(C)OC1CCC(CCCC(=O)N2CCN(C(C)C)CC2)CC1. The van der Waals surface area contributed by atoms with Gasteiger partial charge in [0, 0.05) is 38.6 Å². The van der Waals surface area contributed by atoms with Gasteiger partial charge in [-0.25, -0.2) is 0 Å². The Morgan fingerprint density at radius 2 is 1.62 bits per heavy atom. The molecule has 0 aromatic carbocycles. The van der Waals surface area contributed by atoms with E-state index in [4.69, 9.17) is 4.74 Å². The summed E-state index contributed by atoms with van der Waals surface area (Å²) in [6.07, 6.45) is 8.79. The lowest BCUT2D eigenvalue weighted by atomic mass is 9.84. The second-order valence-electron chi connectivity index (χ2n) is 8.23. The van der Waals surface area contributed by atoms with Gasteiger partial charge in [-0.2, -0.15) is 0 Å².